The molecule has 1 heterocycles. The smallest absolute Gasteiger partial charge is 0.240 e. The Morgan fingerprint density at radius 3 is 2.62 bits per heavy atom. The van der Waals surface area contributed by atoms with Gasteiger partial charge in [-0.1, -0.05) is 6.07 Å². The highest BCUT2D eigenvalue weighted by atomic mass is 32.2. The summed E-state index contributed by atoms with van der Waals surface area (Å²) >= 11 is 1.63. The molecule has 1 atom stereocenters. The third-order valence-electron chi connectivity index (χ3n) is 3.44. The van der Waals surface area contributed by atoms with E-state index in [1.165, 1.54) is 6.07 Å². The van der Waals surface area contributed by atoms with Gasteiger partial charge in [0.15, 0.2) is 0 Å². The number of hydrogen-bond donors (Lipinski definition) is 2. The molecular formula is C15H20N2O2S2. The lowest BCUT2D eigenvalue weighted by Gasteiger charge is -2.15. The molecule has 0 bridgehead atoms. The van der Waals surface area contributed by atoms with Gasteiger partial charge in [0.05, 0.1) is 4.90 Å². The second-order valence-corrected chi connectivity index (χ2v) is 8.01. The molecule has 0 aliphatic carbocycles. The molecule has 4 nitrogen and oxygen atoms in total. The summed E-state index contributed by atoms with van der Waals surface area (Å²) in [7, 11) is -3.55. The van der Waals surface area contributed by atoms with Gasteiger partial charge in [0, 0.05) is 16.6 Å². The maximum absolute atomic E-state index is 12.4. The number of nitrogens with two attached hydrogens (primary N) is 1. The van der Waals surface area contributed by atoms with E-state index in [4.69, 9.17) is 5.73 Å². The molecule has 0 saturated heterocycles. The summed E-state index contributed by atoms with van der Waals surface area (Å²) in [6.07, 6.45) is 0.678. The topological polar surface area (TPSA) is 72.2 Å². The largest absolute Gasteiger partial charge is 0.398 e. The monoisotopic (exact) mass is 324 g/mol. The fraction of sp³-hybridized carbons (Fsp3) is 0.333. The maximum Gasteiger partial charge on any atom is 0.240 e. The number of nitrogens with one attached hydrogen (secondary N) is 1. The number of thiophene rings is 1. The van der Waals surface area contributed by atoms with E-state index in [0.29, 0.717) is 12.1 Å². The van der Waals surface area contributed by atoms with Gasteiger partial charge in [0.25, 0.3) is 0 Å². The minimum atomic E-state index is -3.55. The van der Waals surface area contributed by atoms with Crippen molar-refractivity contribution in [2.75, 3.05) is 5.73 Å². The first-order valence-electron chi connectivity index (χ1n) is 6.71. The van der Waals surface area contributed by atoms with Crippen LogP contribution in [0.1, 0.15) is 22.9 Å². The molecule has 2 aromatic rings. The molecule has 1 unspecified atom stereocenters. The Morgan fingerprint density at radius 2 is 2.05 bits per heavy atom. The minimum absolute atomic E-state index is 0.170. The number of hydrogen-bond acceptors (Lipinski definition) is 4. The summed E-state index contributed by atoms with van der Waals surface area (Å²) in [5, 5.41) is 1.99. The Labute approximate surface area is 130 Å². The Kier molecular flexibility index (Phi) is 4.70. The van der Waals surface area contributed by atoms with Crippen LogP contribution in [0.4, 0.5) is 5.69 Å². The summed E-state index contributed by atoms with van der Waals surface area (Å²) in [6.45, 7) is 5.61. The molecule has 0 spiro atoms. The van der Waals surface area contributed by atoms with Crippen molar-refractivity contribution in [3.05, 3.63) is 45.6 Å². The minimum Gasteiger partial charge on any atom is -0.398 e. The van der Waals surface area contributed by atoms with E-state index in [9.17, 15) is 8.42 Å². The van der Waals surface area contributed by atoms with Crippen LogP contribution in [0.3, 0.4) is 0 Å². The first kappa shape index (κ1) is 16.0. The van der Waals surface area contributed by atoms with Gasteiger partial charge < -0.3 is 5.73 Å². The molecule has 0 aliphatic heterocycles. The van der Waals surface area contributed by atoms with E-state index in [1.54, 1.807) is 17.4 Å². The van der Waals surface area contributed by atoms with E-state index in [-0.39, 0.29) is 10.9 Å². The molecule has 6 heteroatoms. The summed E-state index contributed by atoms with van der Waals surface area (Å²) < 4.78 is 27.6. The van der Waals surface area contributed by atoms with Crippen molar-refractivity contribution >= 4 is 27.0 Å². The number of anilines is 1. The highest BCUT2D eigenvalue weighted by Gasteiger charge is 2.19. The van der Waals surface area contributed by atoms with Crippen LogP contribution in [0.5, 0.6) is 0 Å². The van der Waals surface area contributed by atoms with Crippen molar-refractivity contribution in [1.82, 2.24) is 4.72 Å². The van der Waals surface area contributed by atoms with E-state index < -0.39 is 10.0 Å². The van der Waals surface area contributed by atoms with Crippen LogP contribution in [0.2, 0.25) is 0 Å². The predicted molar refractivity (Wildman–Crippen MR) is 88.1 cm³/mol. The lowest BCUT2D eigenvalue weighted by Crippen LogP contribution is -2.34. The Morgan fingerprint density at radius 1 is 1.33 bits per heavy atom. The fourth-order valence-corrected chi connectivity index (χ4v) is 4.31. The van der Waals surface area contributed by atoms with Crippen LogP contribution in [0.25, 0.3) is 0 Å². The molecule has 2 rings (SSSR count). The SMILES string of the molecule is Cc1cc(S(=O)(=O)NC(C)Cc2cccs2)cc(N)c1C. The highest BCUT2D eigenvalue weighted by Crippen LogP contribution is 2.22. The van der Waals surface area contributed by atoms with Crippen LogP contribution in [-0.4, -0.2) is 14.5 Å². The number of rotatable bonds is 5. The Bertz CT molecular complexity index is 699. The molecule has 0 amide bonds. The van der Waals surface area contributed by atoms with Gasteiger partial charge in [0.2, 0.25) is 10.0 Å². The molecule has 0 fully saturated rings. The average molecular weight is 324 g/mol. The van der Waals surface area contributed by atoms with Gasteiger partial charge in [-0.25, -0.2) is 13.1 Å². The first-order valence-corrected chi connectivity index (χ1v) is 9.07. The van der Waals surface area contributed by atoms with Crippen molar-refractivity contribution in [2.24, 2.45) is 0 Å². The first-order chi connectivity index (χ1) is 9.79. The molecular weight excluding hydrogens is 304 g/mol. The molecule has 1 aromatic heterocycles. The lowest BCUT2D eigenvalue weighted by molar-refractivity contribution is 0.560. The Balaban J connectivity index is 2.18. The van der Waals surface area contributed by atoms with Gasteiger partial charge in [-0.05, 0) is 61.9 Å². The number of sulfonamides is 1. The molecule has 0 saturated carbocycles. The van der Waals surface area contributed by atoms with Gasteiger partial charge in [-0.15, -0.1) is 11.3 Å². The fourth-order valence-electron chi connectivity index (χ4n) is 2.11. The molecule has 114 valence electrons. The van der Waals surface area contributed by atoms with Gasteiger partial charge in [0.1, 0.15) is 0 Å². The van der Waals surface area contributed by atoms with Crippen molar-refractivity contribution in [3.63, 3.8) is 0 Å². The number of aryl methyl sites for hydroxylation is 1. The maximum atomic E-state index is 12.4. The lowest BCUT2D eigenvalue weighted by atomic mass is 10.1. The average Bonchev–Trinajstić information content (AvgIpc) is 2.87. The molecule has 0 radical (unpaired) electrons. The van der Waals surface area contributed by atoms with E-state index in [2.05, 4.69) is 4.72 Å². The number of nitrogen functional groups attached to an aromatic ring is 1. The number of benzene rings is 1. The quantitative estimate of drug-likeness (QED) is 0.831. The summed E-state index contributed by atoms with van der Waals surface area (Å²) in [6, 6.07) is 6.97. The normalized spacial score (nSPS) is 13.3. The third kappa shape index (κ3) is 3.84. The van der Waals surface area contributed by atoms with Crippen LogP contribution in [0.15, 0.2) is 34.5 Å². The molecule has 0 aliphatic rings. The van der Waals surface area contributed by atoms with Gasteiger partial charge in [-0.3, -0.25) is 0 Å². The summed E-state index contributed by atoms with van der Waals surface area (Å²) in [4.78, 5) is 1.38. The second kappa shape index (κ2) is 6.17. The highest BCUT2D eigenvalue weighted by molar-refractivity contribution is 7.89. The molecule has 3 N–H and O–H groups in total. The summed E-state index contributed by atoms with van der Waals surface area (Å²) in [5.74, 6) is 0. The predicted octanol–water partition coefficient (Wildman–Crippen LogP) is 2.86. The van der Waals surface area contributed by atoms with Gasteiger partial charge in [-0.2, -0.15) is 0 Å². The zero-order chi connectivity index (χ0) is 15.6. The van der Waals surface area contributed by atoms with Crippen molar-refractivity contribution in [1.29, 1.82) is 0 Å². The Hall–Kier alpha value is -1.37. The van der Waals surface area contributed by atoms with E-state index >= 15 is 0 Å². The van der Waals surface area contributed by atoms with Crippen LogP contribution in [-0.2, 0) is 16.4 Å². The zero-order valence-corrected chi connectivity index (χ0v) is 14.0. The molecule has 1 aromatic carbocycles. The van der Waals surface area contributed by atoms with Crippen LogP contribution < -0.4 is 10.5 Å². The van der Waals surface area contributed by atoms with Gasteiger partial charge >= 0.3 is 0 Å². The van der Waals surface area contributed by atoms with Crippen molar-refractivity contribution < 1.29 is 8.42 Å². The van der Waals surface area contributed by atoms with Crippen LogP contribution >= 0.6 is 11.3 Å². The second-order valence-electron chi connectivity index (χ2n) is 5.26. The van der Waals surface area contributed by atoms with E-state index in [1.807, 2.05) is 38.3 Å². The molecule has 21 heavy (non-hydrogen) atoms. The third-order valence-corrected chi connectivity index (χ3v) is 5.90. The van der Waals surface area contributed by atoms with Crippen molar-refractivity contribution in [2.45, 2.75) is 38.1 Å². The van der Waals surface area contributed by atoms with Crippen molar-refractivity contribution in [3.8, 4) is 0 Å². The van der Waals surface area contributed by atoms with E-state index in [0.717, 1.165) is 16.0 Å². The zero-order valence-electron chi connectivity index (χ0n) is 12.4. The standard InChI is InChI=1S/C15H20N2O2S2/c1-10-7-14(9-15(16)12(10)3)21(18,19)17-11(2)8-13-5-4-6-20-13/h4-7,9,11,17H,8,16H2,1-3H3. The summed E-state index contributed by atoms with van der Waals surface area (Å²) in [5.41, 5.74) is 8.16. The van der Waals surface area contributed by atoms with Crippen LogP contribution in [0, 0.1) is 13.8 Å².